The molecule has 11 nitrogen and oxygen atoms in total. The van der Waals surface area contributed by atoms with Gasteiger partial charge in [-0.1, -0.05) is 60.7 Å². The summed E-state index contributed by atoms with van der Waals surface area (Å²) in [5, 5.41) is 7.99. The maximum absolute atomic E-state index is 12.5. The van der Waals surface area contributed by atoms with Crippen LogP contribution in [0.2, 0.25) is 0 Å². The molecule has 0 unspecified atom stereocenters. The van der Waals surface area contributed by atoms with Crippen molar-refractivity contribution in [3.8, 4) is 0 Å². The van der Waals surface area contributed by atoms with Crippen LogP contribution in [0.15, 0.2) is 60.7 Å². The molecule has 0 aliphatic carbocycles. The van der Waals surface area contributed by atoms with Crippen molar-refractivity contribution < 1.29 is 33.4 Å². The zero-order valence-electron chi connectivity index (χ0n) is 22.9. The van der Waals surface area contributed by atoms with Gasteiger partial charge < -0.3 is 35.9 Å². The van der Waals surface area contributed by atoms with Crippen LogP contribution in [0, 0.1) is 0 Å². The second-order valence-corrected chi connectivity index (χ2v) is 9.16. The van der Waals surface area contributed by atoms with Crippen LogP contribution >= 0.6 is 0 Å². The van der Waals surface area contributed by atoms with Crippen LogP contribution in [0.25, 0.3) is 0 Å². The van der Waals surface area contributed by atoms with Gasteiger partial charge in [0.25, 0.3) is 0 Å². The lowest BCUT2D eigenvalue weighted by molar-refractivity contribution is -0.145. The molecule has 2 rings (SSSR count). The van der Waals surface area contributed by atoms with Crippen molar-refractivity contribution in [2.24, 2.45) is 5.73 Å². The molecule has 2 aromatic carbocycles. The average Bonchev–Trinajstić information content (AvgIpc) is 2.98. The third kappa shape index (κ3) is 13.6. The smallest absolute Gasteiger partial charge is 0.407 e. The van der Waals surface area contributed by atoms with Crippen molar-refractivity contribution in [1.82, 2.24) is 16.0 Å². The fourth-order valence-electron chi connectivity index (χ4n) is 3.69. The summed E-state index contributed by atoms with van der Waals surface area (Å²) in [5.74, 6) is -1.01. The van der Waals surface area contributed by atoms with E-state index in [0.29, 0.717) is 51.6 Å². The number of carbonyl (C=O) groups is 4. The Morgan fingerprint density at radius 1 is 0.725 bits per heavy atom. The molecule has 0 radical (unpaired) electrons. The standard InChI is InChI=1S/C29H40N4O7/c1-38-27(35)25(17-9-11-19-32-29(37)40-21-23-14-6-3-7-15-23)33-26(34)24(30)16-8-10-18-31-28(36)39-20-22-12-4-2-5-13-22/h2-7,12-15,24-25H,8-11,16-21,30H2,1H3,(H,31,36)(H,32,37)(H,33,34)/t24-,25-/m0/s1. The van der Waals surface area contributed by atoms with Gasteiger partial charge in [-0.25, -0.2) is 14.4 Å². The molecule has 5 N–H and O–H groups in total. The predicted molar refractivity (Wildman–Crippen MR) is 149 cm³/mol. The highest BCUT2D eigenvalue weighted by molar-refractivity contribution is 5.87. The van der Waals surface area contributed by atoms with Crippen LogP contribution < -0.4 is 21.7 Å². The number of benzene rings is 2. The van der Waals surface area contributed by atoms with Crippen LogP contribution in [0.4, 0.5) is 9.59 Å². The van der Waals surface area contributed by atoms with Crippen molar-refractivity contribution in [2.75, 3.05) is 20.2 Å². The highest BCUT2D eigenvalue weighted by Gasteiger charge is 2.24. The predicted octanol–water partition coefficient (Wildman–Crippen LogP) is 3.16. The largest absolute Gasteiger partial charge is 0.467 e. The highest BCUT2D eigenvalue weighted by atomic mass is 16.6. The Kier molecular flexibility index (Phi) is 15.3. The molecule has 0 aliphatic rings. The van der Waals surface area contributed by atoms with Gasteiger partial charge in [-0.2, -0.15) is 0 Å². The number of esters is 1. The van der Waals surface area contributed by atoms with Gasteiger partial charge in [0.1, 0.15) is 19.3 Å². The zero-order chi connectivity index (χ0) is 29.0. The molecule has 0 saturated heterocycles. The van der Waals surface area contributed by atoms with Crippen molar-refractivity contribution in [2.45, 2.75) is 63.8 Å². The summed E-state index contributed by atoms with van der Waals surface area (Å²) in [6, 6.07) is 17.1. The molecular weight excluding hydrogens is 516 g/mol. The van der Waals surface area contributed by atoms with Crippen molar-refractivity contribution >= 4 is 24.1 Å². The second-order valence-electron chi connectivity index (χ2n) is 9.16. The Morgan fingerprint density at radius 3 is 1.68 bits per heavy atom. The quantitative estimate of drug-likeness (QED) is 0.131. The van der Waals surface area contributed by atoms with E-state index in [9.17, 15) is 19.2 Å². The monoisotopic (exact) mass is 556 g/mol. The van der Waals surface area contributed by atoms with E-state index in [1.165, 1.54) is 7.11 Å². The molecule has 3 amide bonds. The van der Waals surface area contributed by atoms with Crippen LogP contribution in [0.1, 0.15) is 49.7 Å². The van der Waals surface area contributed by atoms with Gasteiger partial charge >= 0.3 is 18.2 Å². The summed E-state index contributed by atoms with van der Waals surface area (Å²) in [6.45, 7) is 1.13. The number of rotatable bonds is 17. The Morgan fingerprint density at radius 2 is 1.20 bits per heavy atom. The summed E-state index contributed by atoms with van der Waals surface area (Å²) in [4.78, 5) is 48.3. The molecule has 218 valence electrons. The van der Waals surface area contributed by atoms with Crippen molar-refractivity contribution in [1.29, 1.82) is 0 Å². The van der Waals surface area contributed by atoms with E-state index in [4.69, 9.17) is 19.9 Å². The molecule has 0 heterocycles. The molecule has 2 aromatic rings. The lowest BCUT2D eigenvalue weighted by atomic mass is 10.1. The number of hydrogen-bond acceptors (Lipinski definition) is 8. The van der Waals surface area contributed by atoms with Gasteiger partial charge in [-0.15, -0.1) is 0 Å². The Bertz CT molecular complexity index is 1040. The number of carbonyl (C=O) groups excluding carboxylic acids is 4. The SMILES string of the molecule is COC(=O)[C@H](CCCCNC(=O)OCc1ccccc1)NC(=O)[C@@H](N)CCCCNC(=O)OCc1ccccc1. The fraction of sp³-hybridized carbons (Fsp3) is 0.448. The van der Waals surface area contributed by atoms with Gasteiger partial charge in [-0.3, -0.25) is 4.79 Å². The summed E-state index contributed by atoms with van der Waals surface area (Å²) in [5.41, 5.74) is 7.79. The Balaban J connectivity index is 1.57. The number of alkyl carbamates (subject to hydrolysis) is 2. The number of unbranched alkanes of at least 4 members (excludes halogenated alkanes) is 2. The van der Waals surface area contributed by atoms with Crippen LogP contribution in [0.3, 0.4) is 0 Å². The number of methoxy groups -OCH3 is 1. The third-order valence-corrected chi connectivity index (χ3v) is 5.96. The minimum absolute atomic E-state index is 0.182. The van der Waals surface area contributed by atoms with Crippen LogP contribution in [-0.2, 0) is 37.0 Å². The number of amides is 3. The van der Waals surface area contributed by atoms with Gasteiger partial charge in [-0.05, 0) is 49.7 Å². The van der Waals surface area contributed by atoms with Gasteiger partial charge in [0, 0.05) is 13.1 Å². The summed E-state index contributed by atoms with van der Waals surface area (Å²) in [6.07, 6.45) is 2.04. The Hall–Kier alpha value is -4.12. The number of hydrogen-bond donors (Lipinski definition) is 4. The first-order valence-electron chi connectivity index (χ1n) is 13.4. The van der Waals surface area contributed by atoms with E-state index in [1.807, 2.05) is 60.7 Å². The molecule has 0 spiro atoms. The number of nitrogens with one attached hydrogen (secondary N) is 3. The van der Waals surface area contributed by atoms with E-state index in [2.05, 4.69) is 16.0 Å². The molecule has 40 heavy (non-hydrogen) atoms. The number of nitrogens with two attached hydrogens (primary N) is 1. The van der Waals surface area contributed by atoms with Gasteiger partial charge in [0.2, 0.25) is 5.91 Å². The lowest BCUT2D eigenvalue weighted by Gasteiger charge is -2.19. The Labute approximate surface area is 235 Å². The fourth-order valence-corrected chi connectivity index (χ4v) is 3.69. The second kappa shape index (κ2) is 19.0. The van der Waals surface area contributed by atoms with Gasteiger partial charge in [0.15, 0.2) is 0 Å². The van der Waals surface area contributed by atoms with E-state index < -0.39 is 36.1 Å². The summed E-state index contributed by atoms with van der Waals surface area (Å²) < 4.78 is 15.1. The normalized spacial score (nSPS) is 11.9. The first-order valence-corrected chi connectivity index (χ1v) is 13.4. The summed E-state index contributed by atoms with van der Waals surface area (Å²) >= 11 is 0. The van der Waals surface area contributed by atoms with E-state index in [1.54, 1.807) is 0 Å². The minimum atomic E-state index is -0.838. The first-order chi connectivity index (χ1) is 19.4. The van der Waals surface area contributed by atoms with E-state index in [-0.39, 0.29) is 13.2 Å². The molecular formula is C29H40N4O7. The molecule has 0 saturated carbocycles. The third-order valence-electron chi connectivity index (χ3n) is 5.96. The molecule has 11 heteroatoms. The maximum atomic E-state index is 12.5. The zero-order valence-corrected chi connectivity index (χ0v) is 22.9. The molecule has 2 atom stereocenters. The number of ether oxygens (including phenoxy) is 3. The minimum Gasteiger partial charge on any atom is -0.467 e. The van der Waals surface area contributed by atoms with E-state index in [0.717, 1.165) is 11.1 Å². The van der Waals surface area contributed by atoms with E-state index >= 15 is 0 Å². The van der Waals surface area contributed by atoms with Gasteiger partial charge in [0.05, 0.1) is 13.2 Å². The van der Waals surface area contributed by atoms with Crippen molar-refractivity contribution in [3.05, 3.63) is 71.8 Å². The molecule has 0 aliphatic heterocycles. The summed E-state index contributed by atoms with van der Waals surface area (Å²) in [7, 11) is 1.25. The first kappa shape index (κ1) is 32.1. The average molecular weight is 557 g/mol. The molecule has 0 bridgehead atoms. The highest BCUT2D eigenvalue weighted by Crippen LogP contribution is 2.06. The lowest BCUT2D eigenvalue weighted by Crippen LogP contribution is -2.48. The molecule has 0 fully saturated rings. The van der Waals surface area contributed by atoms with Crippen LogP contribution in [-0.4, -0.2) is 56.3 Å². The maximum Gasteiger partial charge on any atom is 0.407 e. The topological polar surface area (TPSA) is 158 Å². The van der Waals surface area contributed by atoms with Crippen molar-refractivity contribution in [3.63, 3.8) is 0 Å². The molecule has 0 aromatic heterocycles. The van der Waals surface area contributed by atoms with Crippen LogP contribution in [0.5, 0.6) is 0 Å².